The minimum absolute atomic E-state index is 0.0492. The number of hydrogen-bond donors (Lipinski definition) is 2. The minimum Gasteiger partial charge on any atom is -0.311 e. The molecule has 2 rings (SSSR count). The molecule has 7 heteroatoms. The second-order valence-corrected chi connectivity index (χ2v) is 9.73. The van der Waals surface area contributed by atoms with E-state index in [0.29, 0.717) is 19.6 Å². The maximum atomic E-state index is 12.0. The monoisotopic (exact) mass is 367 g/mol. The summed E-state index contributed by atoms with van der Waals surface area (Å²) in [5.74, 6) is 0.0603. The summed E-state index contributed by atoms with van der Waals surface area (Å²) in [5.41, 5.74) is 1.00. The third-order valence-electron chi connectivity index (χ3n) is 3.38. The van der Waals surface area contributed by atoms with Crippen LogP contribution in [0.1, 0.15) is 36.2 Å². The quantitative estimate of drug-likeness (QED) is 0.704. The first-order chi connectivity index (χ1) is 11.3. The van der Waals surface area contributed by atoms with Crippen molar-refractivity contribution in [2.45, 2.75) is 39.3 Å². The van der Waals surface area contributed by atoms with Crippen molar-refractivity contribution in [2.75, 3.05) is 12.3 Å². The molecule has 0 amide bonds. The van der Waals surface area contributed by atoms with Gasteiger partial charge in [0, 0.05) is 36.1 Å². The van der Waals surface area contributed by atoms with Crippen molar-refractivity contribution in [3.05, 3.63) is 52.0 Å². The van der Waals surface area contributed by atoms with Crippen LogP contribution < -0.4 is 10.0 Å². The molecule has 0 aliphatic carbocycles. The first-order valence-electron chi connectivity index (χ1n) is 7.93. The van der Waals surface area contributed by atoms with Crippen molar-refractivity contribution in [1.82, 2.24) is 15.0 Å². The summed E-state index contributed by atoms with van der Waals surface area (Å²) in [6.45, 7) is 7.78. The number of nitrogens with zero attached hydrogens (tertiary/aromatic N) is 1. The lowest BCUT2D eigenvalue weighted by molar-refractivity contribution is 0.576. The van der Waals surface area contributed by atoms with Gasteiger partial charge in [-0.15, -0.1) is 11.3 Å². The summed E-state index contributed by atoms with van der Waals surface area (Å²) in [7, 11) is -3.28. The van der Waals surface area contributed by atoms with Crippen LogP contribution in [0.5, 0.6) is 0 Å². The summed E-state index contributed by atoms with van der Waals surface area (Å²) in [6.07, 6.45) is 1.86. The molecule has 2 N–H and O–H groups in total. The van der Waals surface area contributed by atoms with Gasteiger partial charge in [-0.3, -0.25) is 0 Å². The fraction of sp³-hybridized carbons (Fsp3) is 0.471. The molecule has 24 heavy (non-hydrogen) atoms. The molecule has 0 saturated heterocycles. The summed E-state index contributed by atoms with van der Waals surface area (Å²) >= 11 is 1.67. The highest BCUT2D eigenvalue weighted by Crippen LogP contribution is 2.26. The first kappa shape index (κ1) is 19.1. The van der Waals surface area contributed by atoms with Gasteiger partial charge >= 0.3 is 0 Å². The summed E-state index contributed by atoms with van der Waals surface area (Å²) in [5, 5.41) is 4.27. The molecule has 1 aromatic heterocycles. The van der Waals surface area contributed by atoms with Crippen molar-refractivity contribution in [2.24, 2.45) is 0 Å². The Morgan fingerprint density at radius 1 is 1.12 bits per heavy atom. The Hall–Kier alpha value is -1.28. The highest BCUT2D eigenvalue weighted by molar-refractivity contribution is 7.89. The molecule has 0 unspecified atom stereocenters. The van der Waals surface area contributed by atoms with Gasteiger partial charge in [-0.05, 0) is 5.56 Å². The SMILES string of the molecule is CC(C)(C)c1ncc(CNCCS(=O)(=O)NCc2ccccc2)s1. The van der Waals surface area contributed by atoms with Gasteiger partial charge in [-0.2, -0.15) is 0 Å². The lowest BCUT2D eigenvalue weighted by atomic mass is 9.98. The average Bonchev–Trinajstić information content (AvgIpc) is 3.00. The topological polar surface area (TPSA) is 71.1 Å². The molecule has 0 aliphatic heterocycles. The molecule has 0 atom stereocenters. The maximum Gasteiger partial charge on any atom is 0.213 e. The van der Waals surface area contributed by atoms with E-state index in [1.165, 1.54) is 0 Å². The zero-order chi connectivity index (χ0) is 17.6. The second kappa shape index (κ2) is 8.20. The molecular formula is C17H25N3O2S2. The van der Waals surface area contributed by atoms with E-state index in [1.807, 2.05) is 36.5 Å². The van der Waals surface area contributed by atoms with Crippen LogP contribution in [0.25, 0.3) is 0 Å². The number of aromatic nitrogens is 1. The Balaban J connectivity index is 1.72. The highest BCUT2D eigenvalue weighted by atomic mass is 32.2. The Morgan fingerprint density at radius 3 is 2.46 bits per heavy atom. The molecule has 0 bridgehead atoms. The van der Waals surface area contributed by atoms with Crippen LogP contribution in [0.3, 0.4) is 0 Å². The third-order valence-corrected chi connectivity index (χ3v) is 6.13. The Morgan fingerprint density at radius 2 is 1.83 bits per heavy atom. The van der Waals surface area contributed by atoms with Crippen LogP contribution in [0, 0.1) is 0 Å². The standard InChI is InChI=1S/C17H25N3O2S2/c1-17(2,3)16-19-13-15(23-16)12-18-9-10-24(21,22)20-11-14-7-5-4-6-8-14/h4-8,13,18,20H,9-12H2,1-3H3. The van der Waals surface area contributed by atoms with Gasteiger partial charge in [-0.1, -0.05) is 51.1 Å². The van der Waals surface area contributed by atoms with Gasteiger partial charge in [0.15, 0.2) is 0 Å². The van der Waals surface area contributed by atoms with Crippen LogP contribution in [-0.4, -0.2) is 25.7 Å². The second-order valence-electron chi connectivity index (χ2n) is 6.68. The molecule has 0 fully saturated rings. The minimum atomic E-state index is -3.28. The molecule has 2 aromatic rings. The molecule has 0 saturated carbocycles. The maximum absolute atomic E-state index is 12.0. The van der Waals surface area contributed by atoms with Gasteiger partial charge < -0.3 is 5.32 Å². The smallest absolute Gasteiger partial charge is 0.213 e. The Labute approximate surface area is 148 Å². The molecule has 1 aromatic carbocycles. The number of rotatable bonds is 8. The average molecular weight is 368 g/mol. The summed E-state index contributed by atoms with van der Waals surface area (Å²) in [4.78, 5) is 5.55. The van der Waals surface area contributed by atoms with Gasteiger partial charge in [-0.25, -0.2) is 18.1 Å². The molecule has 0 spiro atoms. The number of sulfonamides is 1. The van der Waals surface area contributed by atoms with Gasteiger partial charge in [0.1, 0.15) is 0 Å². The Bertz CT molecular complexity index is 735. The van der Waals surface area contributed by atoms with Gasteiger partial charge in [0.25, 0.3) is 0 Å². The zero-order valence-corrected chi connectivity index (χ0v) is 16.0. The van der Waals surface area contributed by atoms with E-state index in [1.54, 1.807) is 11.3 Å². The molecule has 5 nitrogen and oxygen atoms in total. The van der Waals surface area contributed by atoms with Crippen molar-refractivity contribution in [3.63, 3.8) is 0 Å². The number of hydrogen-bond acceptors (Lipinski definition) is 5. The van der Waals surface area contributed by atoms with Crippen LogP contribution in [0.2, 0.25) is 0 Å². The van der Waals surface area contributed by atoms with E-state index in [0.717, 1.165) is 15.4 Å². The predicted octanol–water partition coefficient (Wildman–Crippen LogP) is 2.65. The molecule has 1 heterocycles. The lowest BCUT2D eigenvalue weighted by Gasteiger charge is -2.13. The van der Waals surface area contributed by atoms with E-state index in [2.05, 4.69) is 35.8 Å². The Kier molecular flexibility index (Phi) is 6.51. The number of benzene rings is 1. The third kappa shape index (κ3) is 6.32. The molecular weight excluding hydrogens is 342 g/mol. The van der Waals surface area contributed by atoms with E-state index < -0.39 is 10.0 Å². The summed E-state index contributed by atoms with van der Waals surface area (Å²) in [6, 6.07) is 9.50. The van der Waals surface area contributed by atoms with Crippen LogP contribution in [-0.2, 0) is 28.5 Å². The van der Waals surface area contributed by atoms with E-state index in [4.69, 9.17) is 0 Å². The van der Waals surface area contributed by atoms with E-state index in [9.17, 15) is 8.42 Å². The number of nitrogens with one attached hydrogen (secondary N) is 2. The van der Waals surface area contributed by atoms with Crippen molar-refractivity contribution in [3.8, 4) is 0 Å². The molecule has 0 aliphatic rings. The van der Waals surface area contributed by atoms with Crippen LogP contribution in [0.15, 0.2) is 36.5 Å². The first-order valence-corrected chi connectivity index (χ1v) is 10.4. The van der Waals surface area contributed by atoms with E-state index in [-0.39, 0.29) is 11.2 Å². The fourth-order valence-corrected chi connectivity index (χ4v) is 3.90. The van der Waals surface area contributed by atoms with Gasteiger partial charge in [0.2, 0.25) is 10.0 Å². The molecule has 132 valence electrons. The van der Waals surface area contributed by atoms with Crippen LogP contribution >= 0.6 is 11.3 Å². The van der Waals surface area contributed by atoms with Crippen LogP contribution in [0.4, 0.5) is 0 Å². The zero-order valence-electron chi connectivity index (χ0n) is 14.4. The fourth-order valence-electron chi connectivity index (χ4n) is 2.02. The molecule has 0 radical (unpaired) electrons. The highest BCUT2D eigenvalue weighted by Gasteiger charge is 2.17. The van der Waals surface area contributed by atoms with Crippen molar-refractivity contribution >= 4 is 21.4 Å². The normalized spacial score (nSPS) is 12.5. The largest absolute Gasteiger partial charge is 0.311 e. The summed E-state index contributed by atoms with van der Waals surface area (Å²) < 4.78 is 26.6. The number of thiazole rings is 1. The van der Waals surface area contributed by atoms with E-state index >= 15 is 0 Å². The van der Waals surface area contributed by atoms with Gasteiger partial charge in [0.05, 0.1) is 10.8 Å². The lowest BCUT2D eigenvalue weighted by Crippen LogP contribution is -2.31. The van der Waals surface area contributed by atoms with Crippen molar-refractivity contribution < 1.29 is 8.42 Å². The van der Waals surface area contributed by atoms with Crippen molar-refractivity contribution in [1.29, 1.82) is 0 Å². The predicted molar refractivity (Wildman–Crippen MR) is 99.6 cm³/mol.